The highest BCUT2D eigenvalue weighted by molar-refractivity contribution is 8.15. The Labute approximate surface area is 185 Å². The lowest BCUT2D eigenvalue weighted by atomic mass is 10.2. The Kier molecular flexibility index (Phi) is 6.80. The van der Waals surface area contributed by atoms with E-state index in [1.54, 1.807) is 24.3 Å². The minimum atomic E-state index is -4.63. The summed E-state index contributed by atoms with van der Waals surface area (Å²) in [5.74, 6) is -0.104. The number of aliphatic imine (C=N–C) groups is 1. The molecule has 0 unspecified atom stereocenters. The first-order valence-corrected chi connectivity index (χ1v) is 10.2. The number of alkyl halides is 3. The van der Waals surface area contributed by atoms with Gasteiger partial charge in [0.05, 0.1) is 23.4 Å². The van der Waals surface area contributed by atoms with Crippen LogP contribution in [0.5, 0.6) is 5.75 Å². The van der Waals surface area contributed by atoms with Gasteiger partial charge < -0.3 is 10.1 Å². The van der Waals surface area contributed by atoms with Crippen LogP contribution < -0.4 is 10.1 Å². The molecule has 1 aliphatic heterocycles. The Morgan fingerprint density at radius 1 is 1.26 bits per heavy atom. The molecule has 1 aliphatic rings. The number of hydrogen-bond acceptors (Lipinski definition) is 5. The highest BCUT2D eigenvalue weighted by atomic mass is 35.5. The number of carbonyl (C=O) groups is 2. The van der Waals surface area contributed by atoms with Crippen molar-refractivity contribution in [2.45, 2.75) is 17.8 Å². The highest BCUT2D eigenvalue weighted by Gasteiger charge is 2.37. The maximum Gasteiger partial charge on any atom is 0.417 e. The van der Waals surface area contributed by atoms with Gasteiger partial charge in [0.1, 0.15) is 11.0 Å². The summed E-state index contributed by atoms with van der Waals surface area (Å²) < 4.78 is 44.2. The molecule has 0 aliphatic carbocycles. The number of carbonyl (C=O) groups excluding carboxylic acids is 2. The van der Waals surface area contributed by atoms with E-state index < -0.39 is 22.0 Å². The number of rotatable bonds is 5. The van der Waals surface area contributed by atoms with Crippen molar-refractivity contribution in [3.63, 3.8) is 0 Å². The minimum absolute atomic E-state index is 0.00205. The number of amides is 2. The molecule has 0 bridgehead atoms. The van der Waals surface area contributed by atoms with Crippen molar-refractivity contribution < 1.29 is 27.5 Å². The number of benzene rings is 2. The summed E-state index contributed by atoms with van der Waals surface area (Å²) in [5, 5.41) is 1.71. The zero-order valence-electron chi connectivity index (χ0n) is 16.4. The molecule has 1 atom stereocenters. The Hall–Kier alpha value is -2.72. The zero-order valence-corrected chi connectivity index (χ0v) is 17.9. The molecule has 6 nitrogen and oxygen atoms in total. The van der Waals surface area contributed by atoms with Gasteiger partial charge in [-0.2, -0.15) is 13.2 Å². The van der Waals surface area contributed by atoms with Gasteiger partial charge in [-0.25, -0.2) is 4.99 Å². The van der Waals surface area contributed by atoms with Crippen LogP contribution in [0.4, 0.5) is 24.5 Å². The largest absolute Gasteiger partial charge is 0.497 e. The van der Waals surface area contributed by atoms with Crippen LogP contribution in [0.3, 0.4) is 0 Å². The van der Waals surface area contributed by atoms with E-state index in [0.29, 0.717) is 11.4 Å². The summed E-state index contributed by atoms with van der Waals surface area (Å²) in [6.07, 6.45) is -4.74. The highest BCUT2D eigenvalue weighted by Crippen LogP contribution is 2.38. The van der Waals surface area contributed by atoms with Gasteiger partial charge in [0.25, 0.3) is 0 Å². The normalized spacial score (nSPS) is 17.9. The quantitative estimate of drug-likeness (QED) is 0.669. The number of anilines is 1. The van der Waals surface area contributed by atoms with Gasteiger partial charge in [0, 0.05) is 19.2 Å². The molecular weight excluding hydrogens is 455 g/mol. The lowest BCUT2D eigenvalue weighted by Crippen LogP contribution is -2.30. The molecule has 31 heavy (non-hydrogen) atoms. The summed E-state index contributed by atoms with van der Waals surface area (Å²) in [4.78, 5) is 30.2. The van der Waals surface area contributed by atoms with E-state index in [-0.39, 0.29) is 29.1 Å². The van der Waals surface area contributed by atoms with Crippen LogP contribution in [-0.4, -0.2) is 41.3 Å². The Bertz CT molecular complexity index is 1030. The average Bonchev–Trinajstić information content (AvgIpc) is 2.97. The molecule has 11 heteroatoms. The second kappa shape index (κ2) is 9.19. The number of thioether (sulfide) groups is 1. The first kappa shape index (κ1) is 23.0. The van der Waals surface area contributed by atoms with Crippen molar-refractivity contribution in [1.82, 2.24) is 4.90 Å². The zero-order chi connectivity index (χ0) is 22.8. The number of methoxy groups -OCH3 is 1. The van der Waals surface area contributed by atoms with Gasteiger partial charge in [-0.1, -0.05) is 23.4 Å². The number of halogens is 4. The summed E-state index contributed by atoms with van der Waals surface area (Å²) in [6, 6.07) is 9.95. The van der Waals surface area contributed by atoms with Crippen LogP contribution in [0.15, 0.2) is 47.5 Å². The first-order valence-electron chi connectivity index (χ1n) is 8.92. The van der Waals surface area contributed by atoms with Crippen LogP contribution in [0.25, 0.3) is 0 Å². The molecule has 2 aromatic carbocycles. The third-order valence-corrected chi connectivity index (χ3v) is 5.92. The molecule has 1 fully saturated rings. The van der Waals surface area contributed by atoms with Crippen LogP contribution in [0.1, 0.15) is 12.0 Å². The summed E-state index contributed by atoms with van der Waals surface area (Å²) >= 11 is 6.64. The third kappa shape index (κ3) is 5.50. The smallest absolute Gasteiger partial charge is 0.417 e. The van der Waals surface area contributed by atoms with E-state index in [0.717, 1.165) is 23.9 Å². The Morgan fingerprint density at radius 3 is 2.55 bits per heavy atom. The predicted octanol–water partition coefficient (Wildman–Crippen LogP) is 4.96. The van der Waals surface area contributed by atoms with Gasteiger partial charge in [-0.15, -0.1) is 0 Å². The lowest BCUT2D eigenvalue weighted by molar-refractivity contribution is -0.137. The second-order valence-corrected chi connectivity index (χ2v) is 8.12. The fourth-order valence-corrected chi connectivity index (χ4v) is 4.14. The molecule has 0 aromatic heterocycles. The van der Waals surface area contributed by atoms with E-state index in [4.69, 9.17) is 16.3 Å². The summed E-state index contributed by atoms with van der Waals surface area (Å²) in [5.41, 5.74) is -0.463. The van der Waals surface area contributed by atoms with Gasteiger partial charge >= 0.3 is 6.18 Å². The van der Waals surface area contributed by atoms with Crippen LogP contribution in [-0.2, 0) is 15.8 Å². The van der Waals surface area contributed by atoms with Gasteiger partial charge in [-0.3, -0.25) is 14.5 Å². The van der Waals surface area contributed by atoms with Gasteiger partial charge in [0.2, 0.25) is 11.8 Å². The van der Waals surface area contributed by atoms with Crippen molar-refractivity contribution >= 4 is 51.7 Å². The standard InChI is InChI=1S/C20H17ClF3N3O3S/c1-27-18(29)16(10-17(28)25-11-3-6-13(30-2)7-4-11)31-19(27)26-12-5-8-15(21)14(9-12)20(22,23)24/h3-9,16H,10H2,1-2H3,(H,25,28)/t16-/m1/s1. The molecule has 0 spiro atoms. The third-order valence-electron chi connectivity index (χ3n) is 4.37. The van der Waals surface area contributed by atoms with Crippen LogP contribution in [0.2, 0.25) is 5.02 Å². The fourth-order valence-electron chi connectivity index (χ4n) is 2.76. The molecule has 164 valence electrons. The molecule has 1 heterocycles. The van der Waals surface area contributed by atoms with Crippen LogP contribution in [0, 0.1) is 0 Å². The molecule has 1 saturated heterocycles. The number of hydrogen-bond donors (Lipinski definition) is 1. The SMILES string of the molecule is COc1ccc(NC(=O)C[C@H]2SC(=Nc3ccc(Cl)c(C(F)(F)F)c3)N(C)C2=O)cc1. The molecule has 3 rings (SSSR count). The fraction of sp³-hybridized carbons (Fsp3) is 0.250. The number of nitrogens with zero attached hydrogens (tertiary/aromatic N) is 2. The van der Waals surface area contributed by atoms with E-state index in [1.807, 2.05) is 0 Å². The predicted molar refractivity (Wildman–Crippen MR) is 114 cm³/mol. The second-order valence-electron chi connectivity index (χ2n) is 6.54. The Balaban J connectivity index is 1.71. The van der Waals surface area contributed by atoms with Gasteiger partial charge in [0.15, 0.2) is 5.17 Å². The molecule has 0 saturated carbocycles. The molecule has 2 aromatic rings. The molecule has 1 N–H and O–H groups in total. The maximum atomic E-state index is 13.1. The number of amidine groups is 1. The van der Waals surface area contributed by atoms with E-state index in [2.05, 4.69) is 10.3 Å². The molecule has 0 radical (unpaired) electrons. The lowest BCUT2D eigenvalue weighted by Gasteiger charge is -2.11. The molecular formula is C20H17ClF3N3O3S. The van der Waals surface area contributed by atoms with Crippen molar-refractivity contribution in [3.8, 4) is 5.75 Å². The average molecular weight is 472 g/mol. The van der Waals surface area contributed by atoms with E-state index in [9.17, 15) is 22.8 Å². The number of ether oxygens (including phenoxy) is 1. The molecule has 2 amide bonds. The van der Waals surface area contributed by atoms with Crippen molar-refractivity contribution in [1.29, 1.82) is 0 Å². The van der Waals surface area contributed by atoms with Crippen LogP contribution >= 0.6 is 23.4 Å². The maximum absolute atomic E-state index is 13.1. The van der Waals surface area contributed by atoms with Crippen molar-refractivity contribution in [2.24, 2.45) is 4.99 Å². The minimum Gasteiger partial charge on any atom is -0.497 e. The Morgan fingerprint density at radius 2 is 1.94 bits per heavy atom. The van der Waals surface area contributed by atoms with Crippen molar-refractivity contribution in [3.05, 3.63) is 53.1 Å². The van der Waals surface area contributed by atoms with Gasteiger partial charge in [-0.05, 0) is 42.5 Å². The number of nitrogens with one attached hydrogen (secondary N) is 1. The van der Waals surface area contributed by atoms with E-state index >= 15 is 0 Å². The first-order chi connectivity index (χ1) is 14.6. The van der Waals surface area contributed by atoms with Crippen molar-refractivity contribution in [2.75, 3.05) is 19.5 Å². The van der Waals surface area contributed by atoms with E-state index in [1.165, 1.54) is 25.1 Å². The summed E-state index contributed by atoms with van der Waals surface area (Å²) in [7, 11) is 2.98. The monoisotopic (exact) mass is 471 g/mol. The topological polar surface area (TPSA) is 71.0 Å². The summed E-state index contributed by atoms with van der Waals surface area (Å²) in [6.45, 7) is 0.